The highest BCUT2D eigenvalue weighted by molar-refractivity contribution is 4.87. The van der Waals surface area contributed by atoms with E-state index in [1.54, 1.807) is 0 Å². The normalized spacial score (nSPS) is 38.5. The minimum Gasteiger partial charge on any atom is -0.0654 e. The van der Waals surface area contributed by atoms with Crippen LogP contribution in [0.1, 0.15) is 59.8 Å². The predicted octanol–water partition coefficient (Wildman–Crippen LogP) is 4.25. The van der Waals surface area contributed by atoms with Gasteiger partial charge in [-0.3, -0.25) is 0 Å². The molecule has 0 N–H and O–H groups in total. The highest BCUT2D eigenvalue weighted by Gasteiger charge is 2.36. The van der Waals surface area contributed by atoms with Gasteiger partial charge in [0.25, 0.3) is 0 Å². The summed E-state index contributed by atoms with van der Waals surface area (Å²) in [5, 5.41) is 0. The van der Waals surface area contributed by atoms with Crippen LogP contribution in [0.15, 0.2) is 0 Å². The maximum atomic E-state index is 2.50. The first kappa shape index (κ1) is 10.1. The van der Waals surface area contributed by atoms with Gasteiger partial charge in [-0.2, -0.15) is 0 Å². The maximum Gasteiger partial charge on any atom is -0.0298 e. The van der Waals surface area contributed by atoms with E-state index in [-0.39, 0.29) is 0 Å². The summed E-state index contributed by atoms with van der Waals surface area (Å²) in [6.07, 6.45) is 7.17. The van der Waals surface area contributed by atoms with Crippen LogP contribution in [0.3, 0.4) is 0 Å². The second-order valence-electron chi connectivity index (χ2n) is 5.19. The second kappa shape index (κ2) is 3.81. The molecule has 0 amide bonds. The molecule has 1 saturated carbocycles. The van der Waals surface area contributed by atoms with E-state index in [0.29, 0.717) is 5.41 Å². The van der Waals surface area contributed by atoms with E-state index in [0.717, 1.165) is 11.8 Å². The smallest absolute Gasteiger partial charge is 0.0298 e. The first-order valence-corrected chi connectivity index (χ1v) is 5.58. The molecule has 0 heterocycles. The molecule has 0 heteroatoms. The average molecular weight is 168 g/mol. The fraction of sp³-hybridized carbons (Fsp3) is 1.00. The Morgan fingerprint density at radius 2 is 2.17 bits per heavy atom. The first-order valence-electron chi connectivity index (χ1n) is 5.58. The molecule has 0 bridgehead atoms. The molecule has 1 rings (SSSR count). The SMILES string of the molecule is CCCC(C)C1(C)CCC(C)C1. The van der Waals surface area contributed by atoms with Gasteiger partial charge in [-0.25, -0.2) is 0 Å². The van der Waals surface area contributed by atoms with Gasteiger partial charge >= 0.3 is 0 Å². The molecule has 3 unspecified atom stereocenters. The van der Waals surface area contributed by atoms with Crippen molar-refractivity contribution < 1.29 is 0 Å². The van der Waals surface area contributed by atoms with Crippen LogP contribution in [0, 0.1) is 17.3 Å². The highest BCUT2D eigenvalue weighted by atomic mass is 14.4. The second-order valence-corrected chi connectivity index (χ2v) is 5.19. The Labute approximate surface area is 77.7 Å². The molecule has 1 aliphatic rings. The van der Waals surface area contributed by atoms with Gasteiger partial charge in [0, 0.05) is 0 Å². The molecule has 72 valence electrons. The zero-order valence-corrected chi connectivity index (χ0v) is 9.19. The van der Waals surface area contributed by atoms with Gasteiger partial charge in [0.05, 0.1) is 0 Å². The van der Waals surface area contributed by atoms with Crippen LogP contribution < -0.4 is 0 Å². The molecule has 1 fully saturated rings. The fourth-order valence-corrected chi connectivity index (χ4v) is 2.81. The van der Waals surface area contributed by atoms with Gasteiger partial charge < -0.3 is 0 Å². The van der Waals surface area contributed by atoms with Crippen LogP contribution in [0.25, 0.3) is 0 Å². The molecule has 0 aromatic carbocycles. The van der Waals surface area contributed by atoms with Crippen LogP contribution >= 0.6 is 0 Å². The number of rotatable bonds is 3. The lowest BCUT2D eigenvalue weighted by Crippen LogP contribution is -2.21. The summed E-state index contributed by atoms with van der Waals surface area (Å²) < 4.78 is 0. The lowest BCUT2D eigenvalue weighted by atomic mass is 9.74. The van der Waals surface area contributed by atoms with Crippen LogP contribution in [-0.4, -0.2) is 0 Å². The summed E-state index contributed by atoms with van der Waals surface area (Å²) in [5.41, 5.74) is 0.676. The Balaban J connectivity index is 2.48. The third-order valence-corrected chi connectivity index (χ3v) is 3.93. The van der Waals surface area contributed by atoms with E-state index in [4.69, 9.17) is 0 Å². The zero-order chi connectivity index (χ0) is 9.19. The summed E-state index contributed by atoms with van der Waals surface area (Å²) in [6, 6.07) is 0. The number of hydrogen-bond acceptors (Lipinski definition) is 0. The Bertz CT molecular complexity index is 139. The maximum absolute atomic E-state index is 2.50. The summed E-state index contributed by atoms with van der Waals surface area (Å²) in [6.45, 7) is 9.65. The van der Waals surface area contributed by atoms with E-state index in [1.807, 2.05) is 0 Å². The molecule has 3 atom stereocenters. The van der Waals surface area contributed by atoms with E-state index in [1.165, 1.54) is 32.1 Å². The molecule has 0 radical (unpaired) electrons. The Hall–Kier alpha value is 0. The summed E-state index contributed by atoms with van der Waals surface area (Å²) in [5.74, 6) is 1.92. The van der Waals surface area contributed by atoms with Gasteiger partial charge in [-0.15, -0.1) is 0 Å². The van der Waals surface area contributed by atoms with Crippen molar-refractivity contribution >= 4 is 0 Å². The van der Waals surface area contributed by atoms with Crippen molar-refractivity contribution in [3.8, 4) is 0 Å². The third-order valence-electron chi connectivity index (χ3n) is 3.93. The lowest BCUT2D eigenvalue weighted by molar-refractivity contribution is 0.190. The monoisotopic (exact) mass is 168 g/mol. The molecule has 0 aromatic heterocycles. The summed E-state index contributed by atoms with van der Waals surface area (Å²) >= 11 is 0. The average Bonchev–Trinajstić information content (AvgIpc) is 2.33. The van der Waals surface area contributed by atoms with Gasteiger partial charge in [0.1, 0.15) is 0 Å². The lowest BCUT2D eigenvalue weighted by Gasteiger charge is -2.31. The molecule has 12 heavy (non-hydrogen) atoms. The fourth-order valence-electron chi connectivity index (χ4n) is 2.81. The Kier molecular flexibility index (Phi) is 3.20. The van der Waals surface area contributed by atoms with Gasteiger partial charge in [0.2, 0.25) is 0 Å². The molecule has 0 aromatic rings. The Morgan fingerprint density at radius 3 is 2.58 bits per heavy atom. The van der Waals surface area contributed by atoms with Crippen molar-refractivity contribution in [3.63, 3.8) is 0 Å². The quantitative estimate of drug-likeness (QED) is 0.591. The summed E-state index contributed by atoms with van der Waals surface area (Å²) in [4.78, 5) is 0. The van der Waals surface area contributed by atoms with Crippen molar-refractivity contribution in [2.24, 2.45) is 17.3 Å². The molecular formula is C12H24. The molecule has 0 nitrogen and oxygen atoms in total. The minimum absolute atomic E-state index is 0.676. The van der Waals surface area contributed by atoms with Crippen molar-refractivity contribution in [1.29, 1.82) is 0 Å². The molecule has 0 saturated heterocycles. The molecule has 0 aliphatic heterocycles. The van der Waals surface area contributed by atoms with Crippen LogP contribution in [0.4, 0.5) is 0 Å². The number of hydrogen-bond donors (Lipinski definition) is 0. The van der Waals surface area contributed by atoms with Crippen molar-refractivity contribution in [2.45, 2.75) is 59.8 Å². The molecule has 0 spiro atoms. The van der Waals surface area contributed by atoms with Gasteiger partial charge in [0.15, 0.2) is 0 Å². The van der Waals surface area contributed by atoms with Crippen molar-refractivity contribution in [3.05, 3.63) is 0 Å². The van der Waals surface area contributed by atoms with Crippen molar-refractivity contribution in [2.75, 3.05) is 0 Å². The van der Waals surface area contributed by atoms with E-state index < -0.39 is 0 Å². The van der Waals surface area contributed by atoms with E-state index in [2.05, 4.69) is 27.7 Å². The summed E-state index contributed by atoms with van der Waals surface area (Å²) in [7, 11) is 0. The Morgan fingerprint density at radius 1 is 1.50 bits per heavy atom. The van der Waals surface area contributed by atoms with Gasteiger partial charge in [-0.05, 0) is 30.1 Å². The minimum atomic E-state index is 0.676. The van der Waals surface area contributed by atoms with Crippen LogP contribution in [0.5, 0.6) is 0 Å². The molecule has 1 aliphatic carbocycles. The van der Waals surface area contributed by atoms with Gasteiger partial charge in [-0.1, -0.05) is 47.0 Å². The van der Waals surface area contributed by atoms with E-state index in [9.17, 15) is 0 Å². The van der Waals surface area contributed by atoms with Crippen molar-refractivity contribution in [1.82, 2.24) is 0 Å². The van der Waals surface area contributed by atoms with Crippen LogP contribution in [0.2, 0.25) is 0 Å². The third kappa shape index (κ3) is 2.02. The standard InChI is InChI=1S/C12H24/c1-5-6-11(3)12(4)8-7-10(2)9-12/h10-11H,5-9H2,1-4H3. The highest BCUT2D eigenvalue weighted by Crippen LogP contribution is 2.47. The first-order chi connectivity index (χ1) is 5.58. The predicted molar refractivity (Wildman–Crippen MR) is 55.2 cm³/mol. The molecular weight excluding hydrogens is 144 g/mol. The largest absolute Gasteiger partial charge is 0.0654 e. The van der Waals surface area contributed by atoms with E-state index >= 15 is 0 Å². The zero-order valence-electron chi connectivity index (χ0n) is 9.19. The van der Waals surface area contributed by atoms with Crippen LogP contribution in [-0.2, 0) is 0 Å². The topological polar surface area (TPSA) is 0 Å².